The van der Waals surface area contributed by atoms with Crippen LogP contribution in [0.15, 0.2) is 53.0 Å². The smallest absolute Gasteiger partial charge is 0.406 e. The molecule has 0 spiro atoms. The molecule has 0 amide bonds. The Labute approximate surface area is 129 Å². The maximum atomic E-state index is 12.1. The minimum absolute atomic E-state index is 0.0347. The van der Waals surface area contributed by atoms with E-state index >= 15 is 0 Å². The summed E-state index contributed by atoms with van der Waals surface area (Å²) < 4.78 is 41.0. The highest BCUT2D eigenvalue weighted by molar-refractivity contribution is 9.10. The topological polar surface area (TPSA) is 21.3 Å². The molecule has 0 aliphatic carbocycles. The molecule has 1 atom stereocenters. The first-order valence-electron chi connectivity index (χ1n) is 6.21. The molecular formula is C15H13BrF3NO. The molecule has 2 aromatic rings. The lowest BCUT2D eigenvalue weighted by molar-refractivity contribution is -0.274. The minimum Gasteiger partial charge on any atom is -0.406 e. The van der Waals surface area contributed by atoms with Crippen LogP contribution in [0.1, 0.15) is 18.5 Å². The van der Waals surface area contributed by atoms with Crippen molar-refractivity contribution in [2.75, 3.05) is 5.32 Å². The molecule has 0 aliphatic heterocycles. The minimum atomic E-state index is -4.67. The van der Waals surface area contributed by atoms with Gasteiger partial charge in [-0.25, -0.2) is 0 Å². The van der Waals surface area contributed by atoms with Gasteiger partial charge in [-0.05, 0) is 48.9 Å². The van der Waals surface area contributed by atoms with Gasteiger partial charge in [-0.1, -0.05) is 28.1 Å². The average Bonchev–Trinajstić information content (AvgIpc) is 2.40. The highest BCUT2D eigenvalue weighted by Gasteiger charge is 2.30. The second kappa shape index (κ2) is 6.39. The Balaban J connectivity index is 2.01. The fraction of sp³-hybridized carbons (Fsp3) is 0.200. The van der Waals surface area contributed by atoms with Gasteiger partial charge in [-0.2, -0.15) is 0 Å². The molecule has 0 saturated carbocycles. The lowest BCUT2D eigenvalue weighted by Crippen LogP contribution is -2.17. The lowest BCUT2D eigenvalue weighted by Gasteiger charge is -2.16. The van der Waals surface area contributed by atoms with Crippen LogP contribution >= 0.6 is 15.9 Å². The summed E-state index contributed by atoms with van der Waals surface area (Å²) in [5.74, 6) is -0.232. The Hall–Kier alpha value is -1.69. The summed E-state index contributed by atoms with van der Waals surface area (Å²) in [6.07, 6.45) is -4.67. The van der Waals surface area contributed by atoms with Crippen molar-refractivity contribution in [3.05, 3.63) is 58.6 Å². The molecule has 2 nitrogen and oxygen atoms in total. The molecule has 21 heavy (non-hydrogen) atoms. The molecule has 0 aliphatic rings. The summed E-state index contributed by atoms with van der Waals surface area (Å²) in [6.45, 7) is 1.98. The second-order valence-electron chi connectivity index (χ2n) is 4.49. The van der Waals surface area contributed by atoms with Crippen LogP contribution in [0.5, 0.6) is 5.75 Å². The molecule has 1 N–H and O–H groups in total. The lowest BCUT2D eigenvalue weighted by atomic mass is 10.1. The van der Waals surface area contributed by atoms with Gasteiger partial charge in [0.1, 0.15) is 5.75 Å². The van der Waals surface area contributed by atoms with Gasteiger partial charge in [0.15, 0.2) is 0 Å². The zero-order valence-corrected chi connectivity index (χ0v) is 12.7. The van der Waals surface area contributed by atoms with Gasteiger partial charge in [-0.15, -0.1) is 13.2 Å². The number of rotatable bonds is 4. The van der Waals surface area contributed by atoms with Crippen molar-refractivity contribution in [3.8, 4) is 5.75 Å². The summed E-state index contributed by atoms with van der Waals surface area (Å²) in [6, 6.07) is 13.5. The van der Waals surface area contributed by atoms with Crippen LogP contribution in [0.2, 0.25) is 0 Å². The monoisotopic (exact) mass is 359 g/mol. The van der Waals surface area contributed by atoms with E-state index in [1.54, 1.807) is 12.1 Å². The van der Waals surface area contributed by atoms with E-state index in [2.05, 4.69) is 26.0 Å². The van der Waals surface area contributed by atoms with Crippen LogP contribution in [0.3, 0.4) is 0 Å². The van der Waals surface area contributed by atoms with Gasteiger partial charge in [0.05, 0.1) is 0 Å². The molecule has 1 unspecified atom stereocenters. The summed E-state index contributed by atoms with van der Waals surface area (Å²) in [4.78, 5) is 0. The molecular weight excluding hydrogens is 347 g/mol. The number of benzene rings is 2. The van der Waals surface area contributed by atoms with Gasteiger partial charge >= 0.3 is 6.36 Å². The Morgan fingerprint density at radius 2 is 1.57 bits per heavy atom. The molecule has 0 aromatic heterocycles. The van der Waals surface area contributed by atoms with Gasteiger partial charge in [0, 0.05) is 16.2 Å². The van der Waals surface area contributed by atoms with Crippen LogP contribution < -0.4 is 10.1 Å². The zero-order chi connectivity index (χ0) is 15.5. The number of alkyl halides is 3. The van der Waals surface area contributed by atoms with Crippen LogP contribution in [0, 0.1) is 0 Å². The van der Waals surface area contributed by atoms with Crippen LogP contribution in [0.4, 0.5) is 18.9 Å². The van der Waals surface area contributed by atoms with Crippen LogP contribution in [0.25, 0.3) is 0 Å². The zero-order valence-electron chi connectivity index (χ0n) is 11.1. The molecule has 0 radical (unpaired) electrons. The molecule has 0 bridgehead atoms. The Morgan fingerprint density at radius 3 is 2.10 bits per heavy atom. The van der Waals surface area contributed by atoms with Crippen molar-refractivity contribution < 1.29 is 17.9 Å². The van der Waals surface area contributed by atoms with Gasteiger partial charge in [0.2, 0.25) is 0 Å². The summed E-state index contributed by atoms with van der Waals surface area (Å²) in [7, 11) is 0. The van der Waals surface area contributed by atoms with Crippen LogP contribution in [-0.2, 0) is 0 Å². The van der Waals surface area contributed by atoms with Gasteiger partial charge < -0.3 is 10.1 Å². The summed E-state index contributed by atoms with van der Waals surface area (Å²) in [5.41, 5.74) is 1.80. The molecule has 2 rings (SSSR count). The highest BCUT2D eigenvalue weighted by Crippen LogP contribution is 2.26. The fourth-order valence-electron chi connectivity index (χ4n) is 1.84. The normalized spacial score (nSPS) is 12.8. The largest absolute Gasteiger partial charge is 0.573 e. The van der Waals surface area contributed by atoms with Crippen molar-refractivity contribution in [2.24, 2.45) is 0 Å². The first-order valence-corrected chi connectivity index (χ1v) is 7.00. The van der Waals surface area contributed by atoms with E-state index in [1.165, 1.54) is 12.1 Å². The van der Waals surface area contributed by atoms with Gasteiger partial charge in [0.25, 0.3) is 0 Å². The van der Waals surface area contributed by atoms with Crippen molar-refractivity contribution in [1.29, 1.82) is 0 Å². The summed E-state index contributed by atoms with van der Waals surface area (Å²) in [5, 5.41) is 3.22. The maximum Gasteiger partial charge on any atom is 0.573 e. The Bertz CT molecular complexity index is 581. The standard InChI is InChI=1S/C15H13BrF3NO/c1-10(11-2-4-12(16)5-3-11)20-13-6-8-14(9-7-13)21-15(17,18)19/h2-10,20H,1H3. The van der Waals surface area contributed by atoms with E-state index in [-0.39, 0.29) is 11.8 Å². The highest BCUT2D eigenvalue weighted by atomic mass is 79.9. The number of ether oxygens (including phenoxy) is 1. The van der Waals surface area contributed by atoms with Crippen molar-refractivity contribution in [2.45, 2.75) is 19.3 Å². The third kappa shape index (κ3) is 4.97. The quantitative estimate of drug-likeness (QED) is 0.775. The second-order valence-corrected chi connectivity index (χ2v) is 5.41. The van der Waals surface area contributed by atoms with Crippen molar-refractivity contribution >= 4 is 21.6 Å². The predicted molar refractivity (Wildman–Crippen MR) is 79.3 cm³/mol. The van der Waals surface area contributed by atoms with E-state index < -0.39 is 6.36 Å². The van der Waals surface area contributed by atoms with Crippen LogP contribution in [-0.4, -0.2) is 6.36 Å². The molecule has 2 aromatic carbocycles. The van der Waals surface area contributed by atoms with Crippen molar-refractivity contribution in [3.63, 3.8) is 0 Å². The third-order valence-corrected chi connectivity index (χ3v) is 3.37. The van der Waals surface area contributed by atoms with E-state index in [4.69, 9.17) is 0 Å². The average molecular weight is 360 g/mol. The van der Waals surface area contributed by atoms with E-state index in [1.807, 2.05) is 31.2 Å². The number of anilines is 1. The number of halogens is 4. The van der Waals surface area contributed by atoms with E-state index in [0.29, 0.717) is 0 Å². The first kappa shape index (κ1) is 15.7. The number of hydrogen-bond acceptors (Lipinski definition) is 2. The molecule has 112 valence electrons. The molecule has 0 fully saturated rings. The van der Waals surface area contributed by atoms with E-state index in [9.17, 15) is 13.2 Å². The molecule has 0 heterocycles. The van der Waals surface area contributed by atoms with E-state index in [0.717, 1.165) is 15.7 Å². The van der Waals surface area contributed by atoms with Crippen molar-refractivity contribution in [1.82, 2.24) is 0 Å². The molecule has 6 heteroatoms. The first-order chi connectivity index (χ1) is 9.83. The molecule has 0 saturated heterocycles. The SMILES string of the molecule is CC(Nc1ccc(OC(F)(F)F)cc1)c1ccc(Br)cc1. The maximum absolute atomic E-state index is 12.1. The summed E-state index contributed by atoms with van der Waals surface area (Å²) >= 11 is 3.37. The van der Waals surface area contributed by atoms with Gasteiger partial charge in [-0.3, -0.25) is 0 Å². The fourth-order valence-corrected chi connectivity index (χ4v) is 2.10. The Morgan fingerprint density at radius 1 is 1.00 bits per heavy atom. The Kier molecular flexibility index (Phi) is 4.77. The number of nitrogens with one attached hydrogen (secondary N) is 1. The predicted octanol–water partition coefficient (Wildman–Crippen LogP) is 5.52. The number of hydrogen-bond donors (Lipinski definition) is 1. The third-order valence-electron chi connectivity index (χ3n) is 2.84.